The van der Waals surface area contributed by atoms with E-state index in [0.29, 0.717) is 36.5 Å². The molecule has 1 aliphatic rings. The summed E-state index contributed by atoms with van der Waals surface area (Å²) >= 11 is 3.17. The van der Waals surface area contributed by atoms with Crippen LogP contribution in [0.2, 0.25) is 0 Å². The van der Waals surface area contributed by atoms with Crippen LogP contribution in [0.5, 0.6) is 0 Å². The Morgan fingerprint density at radius 2 is 1.92 bits per heavy atom. The number of anilines is 1. The van der Waals surface area contributed by atoms with E-state index in [1.165, 1.54) is 24.4 Å². The van der Waals surface area contributed by atoms with Crippen LogP contribution in [0.4, 0.5) is 15.9 Å². The van der Waals surface area contributed by atoms with Crippen LogP contribution >= 0.6 is 15.9 Å². The number of piperazine rings is 1. The van der Waals surface area contributed by atoms with Crippen LogP contribution in [0.15, 0.2) is 41.0 Å². The van der Waals surface area contributed by atoms with Gasteiger partial charge in [0.25, 0.3) is 11.6 Å². The Bertz CT molecular complexity index is 808. The number of nitrogens with zero attached hydrogens (tertiary/aromatic N) is 4. The van der Waals surface area contributed by atoms with Gasteiger partial charge in [-0.25, -0.2) is 9.37 Å². The maximum Gasteiger partial charge on any atom is 0.287 e. The second-order valence-corrected chi connectivity index (χ2v) is 6.45. The fraction of sp³-hybridized carbons (Fsp3) is 0.250. The molecule has 0 radical (unpaired) electrons. The van der Waals surface area contributed by atoms with Gasteiger partial charge in [-0.2, -0.15) is 0 Å². The van der Waals surface area contributed by atoms with Crippen LogP contribution in [-0.2, 0) is 0 Å². The van der Waals surface area contributed by atoms with Crippen LogP contribution in [0.25, 0.3) is 0 Å². The number of carbonyl (C=O) groups is 1. The average Bonchev–Trinajstić information content (AvgIpc) is 2.61. The first-order valence-corrected chi connectivity index (χ1v) is 8.35. The number of aromatic nitrogens is 1. The van der Waals surface area contributed by atoms with Crippen molar-refractivity contribution in [1.82, 2.24) is 9.88 Å². The molecular formula is C16H14BrFN4O3. The summed E-state index contributed by atoms with van der Waals surface area (Å²) in [6, 6.07) is 7.35. The zero-order valence-electron chi connectivity index (χ0n) is 13.1. The lowest BCUT2D eigenvalue weighted by Gasteiger charge is -2.35. The molecule has 0 N–H and O–H groups in total. The minimum atomic E-state index is -0.557. The highest BCUT2D eigenvalue weighted by Gasteiger charge is 2.25. The van der Waals surface area contributed by atoms with Gasteiger partial charge in [0.05, 0.1) is 10.5 Å². The second kappa shape index (κ2) is 7.14. The number of benzene rings is 1. The summed E-state index contributed by atoms with van der Waals surface area (Å²) in [5, 5.41) is 10.7. The lowest BCUT2D eigenvalue weighted by Crippen LogP contribution is -2.49. The highest BCUT2D eigenvalue weighted by atomic mass is 79.9. The van der Waals surface area contributed by atoms with Crippen molar-refractivity contribution in [3.8, 4) is 0 Å². The first-order valence-electron chi connectivity index (χ1n) is 7.55. The molecule has 0 aliphatic carbocycles. The molecule has 130 valence electrons. The average molecular weight is 409 g/mol. The Morgan fingerprint density at radius 1 is 1.20 bits per heavy atom. The van der Waals surface area contributed by atoms with E-state index in [9.17, 15) is 19.3 Å². The van der Waals surface area contributed by atoms with Gasteiger partial charge in [0.2, 0.25) is 0 Å². The molecule has 1 saturated heterocycles. The summed E-state index contributed by atoms with van der Waals surface area (Å²) in [6.07, 6.45) is 1.21. The molecule has 0 saturated carbocycles. The molecule has 0 bridgehead atoms. The van der Waals surface area contributed by atoms with Crippen molar-refractivity contribution in [1.29, 1.82) is 0 Å². The summed E-state index contributed by atoms with van der Waals surface area (Å²) in [5.74, 6) is -0.285. The van der Waals surface area contributed by atoms with E-state index < -0.39 is 10.7 Å². The van der Waals surface area contributed by atoms with E-state index in [1.807, 2.05) is 4.90 Å². The van der Waals surface area contributed by atoms with Crippen LogP contribution in [0, 0.1) is 15.9 Å². The Morgan fingerprint density at radius 3 is 2.48 bits per heavy atom. The molecule has 1 aromatic heterocycles. The van der Waals surface area contributed by atoms with Crippen molar-refractivity contribution in [2.75, 3.05) is 31.1 Å². The maximum atomic E-state index is 13.9. The minimum absolute atomic E-state index is 0.0464. The van der Waals surface area contributed by atoms with E-state index in [-0.39, 0.29) is 17.2 Å². The molecule has 1 aliphatic heterocycles. The Balaban J connectivity index is 1.65. The van der Waals surface area contributed by atoms with Gasteiger partial charge in [-0.05, 0) is 24.3 Å². The molecule has 2 aromatic rings. The summed E-state index contributed by atoms with van der Waals surface area (Å²) in [4.78, 5) is 30.2. The van der Waals surface area contributed by atoms with Crippen molar-refractivity contribution < 1.29 is 14.1 Å². The molecule has 1 fully saturated rings. The number of rotatable bonds is 3. The van der Waals surface area contributed by atoms with E-state index in [0.717, 1.165) is 0 Å². The van der Waals surface area contributed by atoms with Gasteiger partial charge < -0.3 is 9.80 Å². The molecule has 0 unspecified atom stereocenters. The molecule has 0 atom stereocenters. The normalized spacial score (nSPS) is 14.5. The SMILES string of the molecule is O=C(c1ccc(Br)cc1F)N1CCN(c2ccc([N+](=O)[O-])cn2)CC1. The van der Waals surface area contributed by atoms with Crippen molar-refractivity contribution >= 4 is 33.3 Å². The summed E-state index contributed by atoms with van der Waals surface area (Å²) < 4.78 is 14.5. The van der Waals surface area contributed by atoms with Crippen molar-refractivity contribution in [2.24, 2.45) is 0 Å². The number of hydrogen-bond acceptors (Lipinski definition) is 5. The molecule has 9 heteroatoms. The number of nitro groups is 1. The molecule has 2 heterocycles. The van der Waals surface area contributed by atoms with Gasteiger partial charge in [-0.1, -0.05) is 15.9 Å². The minimum Gasteiger partial charge on any atom is -0.353 e. The lowest BCUT2D eigenvalue weighted by atomic mass is 10.1. The fourth-order valence-electron chi connectivity index (χ4n) is 2.65. The van der Waals surface area contributed by atoms with Gasteiger partial charge in [0.15, 0.2) is 0 Å². The molecule has 1 amide bonds. The Hall–Kier alpha value is -2.55. The molecule has 0 spiro atoms. The number of pyridine rings is 1. The van der Waals surface area contributed by atoms with Gasteiger partial charge in [-0.15, -0.1) is 0 Å². The second-order valence-electron chi connectivity index (χ2n) is 5.54. The van der Waals surface area contributed by atoms with E-state index >= 15 is 0 Å². The molecule has 3 rings (SSSR count). The predicted octanol–water partition coefficient (Wildman–Crippen LogP) is 2.85. The lowest BCUT2D eigenvalue weighted by molar-refractivity contribution is -0.385. The molecule has 7 nitrogen and oxygen atoms in total. The number of amides is 1. The number of halogens is 2. The van der Waals surface area contributed by atoms with Crippen molar-refractivity contribution in [3.05, 3.63) is 62.5 Å². The first-order chi connectivity index (χ1) is 12.0. The monoisotopic (exact) mass is 408 g/mol. The fourth-order valence-corrected chi connectivity index (χ4v) is 2.98. The smallest absolute Gasteiger partial charge is 0.287 e. The van der Waals surface area contributed by atoms with Gasteiger partial charge in [0.1, 0.15) is 17.8 Å². The zero-order chi connectivity index (χ0) is 18.0. The van der Waals surface area contributed by atoms with Crippen molar-refractivity contribution in [3.63, 3.8) is 0 Å². The summed E-state index contributed by atoms with van der Waals surface area (Å²) in [5.41, 5.74) is -0.0200. The van der Waals surface area contributed by atoms with Gasteiger partial charge in [-0.3, -0.25) is 14.9 Å². The topological polar surface area (TPSA) is 79.6 Å². The molecule has 25 heavy (non-hydrogen) atoms. The highest BCUT2D eigenvalue weighted by molar-refractivity contribution is 9.10. The van der Waals surface area contributed by atoms with E-state index in [4.69, 9.17) is 0 Å². The zero-order valence-corrected chi connectivity index (χ0v) is 14.6. The van der Waals surface area contributed by atoms with Crippen LogP contribution in [0.1, 0.15) is 10.4 Å². The summed E-state index contributed by atoms with van der Waals surface area (Å²) in [7, 11) is 0. The molecule has 1 aromatic carbocycles. The third-order valence-electron chi connectivity index (χ3n) is 4.00. The van der Waals surface area contributed by atoms with Gasteiger partial charge >= 0.3 is 0 Å². The summed E-state index contributed by atoms with van der Waals surface area (Å²) in [6.45, 7) is 1.89. The third kappa shape index (κ3) is 3.76. The first kappa shape index (κ1) is 17.3. The third-order valence-corrected chi connectivity index (χ3v) is 4.49. The van der Waals surface area contributed by atoms with Crippen LogP contribution in [0.3, 0.4) is 0 Å². The Labute approximate surface area is 151 Å². The number of hydrogen-bond donors (Lipinski definition) is 0. The Kier molecular flexibility index (Phi) is 4.93. The van der Waals surface area contributed by atoms with E-state index in [2.05, 4.69) is 20.9 Å². The quantitative estimate of drug-likeness (QED) is 0.576. The van der Waals surface area contributed by atoms with E-state index in [1.54, 1.807) is 17.0 Å². The van der Waals surface area contributed by atoms with Crippen molar-refractivity contribution in [2.45, 2.75) is 0 Å². The predicted molar refractivity (Wildman–Crippen MR) is 93.1 cm³/mol. The maximum absolute atomic E-state index is 13.9. The molecular weight excluding hydrogens is 395 g/mol. The standard InChI is InChI=1S/C16H14BrFN4O3/c17-11-1-3-13(14(18)9-11)16(23)21-7-5-20(6-8-21)15-4-2-12(10-19-15)22(24)25/h1-4,9-10H,5-8H2. The van der Waals surface area contributed by atoms with Crippen LogP contribution < -0.4 is 4.90 Å². The van der Waals surface area contributed by atoms with Gasteiger partial charge in [0, 0.05) is 36.7 Å². The largest absolute Gasteiger partial charge is 0.353 e. The highest BCUT2D eigenvalue weighted by Crippen LogP contribution is 2.20. The van der Waals surface area contributed by atoms with Crippen LogP contribution in [-0.4, -0.2) is 46.9 Å². The number of carbonyl (C=O) groups excluding carboxylic acids is 1.